The monoisotopic (exact) mass is 436 g/mol. The first-order valence-corrected chi connectivity index (χ1v) is 11.4. The van der Waals surface area contributed by atoms with Crippen molar-refractivity contribution in [1.29, 1.82) is 0 Å². The number of anilines is 1. The summed E-state index contributed by atoms with van der Waals surface area (Å²) in [5.41, 5.74) is 1.44. The highest BCUT2D eigenvalue weighted by Gasteiger charge is 2.61. The number of rotatable bonds is 5. The zero-order chi connectivity index (χ0) is 21.1. The number of halogens is 1. The van der Waals surface area contributed by atoms with Crippen molar-refractivity contribution in [3.8, 4) is 0 Å². The average Bonchev–Trinajstić information content (AvgIpc) is 3.37. The average molecular weight is 437 g/mol. The molecule has 31 heavy (non-hydrogen) atoms. The van der Waals surface area contributed by atoms with Crippen LogP contribution in [0, 0.1) is 17.3 Å². The fourth-order valence-corrected chi connectivity index (χ4v) is 6.89. The summed E-state index contributed by atoms with van der Waals surface area (Å²) in [5.74, 6) is 1.23. The summed E-state index contributed by atoms with van der Waals surface area (Å²) in [5, 5.41) is 12.3. The molecule has 4 bridgehead atoms. The fourth-order valence-electron chi connectivity index (χ4n) is 6.77. The van der Waals surface area contributed by atoms with Gasteiger partial charge >= 0.3 is 0 Å². The highest BCUT2D eigenvalue weighted by atomic mass is 35.5. The van der Waals surface area contributed by atoms with E-state index in [2.05, 4.69) is 32.6 Å². The first-order chi connectivity index (χ1) is 15.0. The minimum Gasteiger partial charge on any atom is -0.323 e. The summed E-state index contributed by atoms with van der Waals surface area (Å²) in [4.78, 5) is 17.7. The number of nitrogens with zero attached hydrogens (tertiary/aromatic N) is 5. The lowest BCUT2D eigenvalue weighted by atomic mass is 9.46. The lowest BCUT2D eigenvalue weighted by Crippen LogP contribution is -2.60. The Hall–Kier alpha value is -2.67. The van der Waals surface area contributed by atoms with Gasteiger partial charge in [-0.3, -0.25) is 9.48 Å². The third-order valence-electron chi connectivity index (χ3n) is 7.54. The minimum atomic E-state index is -0.357. The lowest BCUT2D eigenvalue weighted by molar-refractivity contribution is -0.150. The van der Waals surface area contributed by atoms with Crippen molar-refractivity contribution in [2.45, 2.75) is 50.6 Å². The van der Waals surface area contributed by atoms with Gasteiger partial charge in [0, 0.05) is 6.20 Å². The topological polar surface area (TPSA) is 77.6 Å². The molecule has 4 saturated carbocycles. The summed E-state index contributed by atoms with van der Waals surface area (Å²) in [6.07, 6.45) is 11.5. The number of carbonyl (C=O) groups is 1. The second kappa shape index (κ2) is 6.92. The molecule has 7 rings (SSSR count). The molecule has 4 fully saturated rings. The standard InChI is InChI=1S/C23H25ClN6O/c24-21-25-15-30(28-21)23-9-17-6-18(10-23)8-22(7-17,14-23)20(31)27-19-11-26-29(13-19)12-16-4-2-1-3-5-16/h1-5,11,13,15,17-18H,6-10,12,14H2,(H,27,31). The molecule has 3 aromatic rings. The lowest BCUT2D eigenvalue weighted by Gasteiger charge is -2.60. The fraction of sp³-hybridized carbons (Fsp3) is 0.478. The number of benzene rings is 1. The van der Waals surface area contributed by atoms with Crippen molar-refractivity contribution in [2.75, 3.05) is 5.32 Å². The van der Waals surface area contributed by atoms with Crippen LogP contribution < -0.4 is 5.32 Å². The molecular formula is C23H25ClN6O. The van der Waals surface area contributed by atoms with Crippen LogP contribution in [0.25, 0.3) is 0 Å². The van der Waals surface area contributed by atoms with Crippen molar-refractivity contribution in [3.05, 3.63) is 59.9 Å². The zero-order valence-corrected chi connectivity index (χ0v) is 18.0. The van der Waals surface area contributed by atoms with Crippen molar-refractivity contribution in [2.24, 2.45) is 17.3 Å². The summed E-state index contributed by atoms with van der Waals surface area (Å²) in [6, 6.07) is 10.2. The van der Waals surface area contributed by atoms with E-state index in [1.807, 2.05) is 33.8 Å². The van der Waals surface area contributed by atoms with Gasteiger partial charge in [0.1, 0.15) is 6.33 Å². The van der Waals surface area contributed by atoms with Gasteiger partial charge in [-0.2, -0.15) is 5.10 Å². The van der Waals surface area contributed by atoms with Crippen molar-refractivity contribution >= 4 is 23.2 Å². The zero-order valence-electron chi connectivity index (χ0n) is 17.2. The van der Waals surface area contributed by atoms with Gasteiger partial charge in [0.15, 0.2) is 0 Å². The molecule has 2 atom stereocenters. The van der Waals surface area contributed by atoms with Crippen LogP contribution in [-0.4, -0.2) is 30.5 Å². The van der Waals surface area contributed by atoms with Crippen LogP contribution >= 0.6 is 11.6 Å². The second-order valence-electron chi connectivity index (χ2n) is 9.79. The van der Waals surface area contributed by atoms with Gasteiger partial charge in [0.25, 0.3) is 0 Å². The largest absolute Gasteiger partial charge is 0.323 e. The molecule has 1 amide bonds. The molecule has 4 aliphatic rings. The highest BCUT2D eigenvalue weighted by Crippen LogP contribution is 2.64. The molecule has 2 unspecified atom stereocenters. The maximum absolute atomic E-state index is 13.6. The van der Waals surface area contributed by atoms with Crippen LogP contribution in [0.2, 0.25) is 5.28 Å². The Labute approximate surface area is 185 Å². The second-order valence-corrected chi connectivity index (χ2v) is 10.1. The van der Waals surface area contributed by atoms with E-state index in [0.29, 0.717) is 18.4 Å². The SMILES string of the molecule is O=C(Nc1cnn(Cc2ccccc2)c1)C12CC3CC(C1)CC(n1cnc(Cl)n1)(C3)C2. The Bertz CT molecular complexity index is 1110. The summed E-state index contributed by atoms with van der Waals surface area (Å²) < 4.78 is 3.82. The van der Waals surface area contributed by atoms with Crippen LogP contribution in [0.15, 0.2) is 49.1 Å². The minimum absolute atomic E-state index is 0.122. The van der Waals surface area contributed by atoms with Gasteiger partial charge < -0.3 is 5.32 Å². The quantitative estimate of drug-likeness (QED) is 0.652. The van der Waals surface area contributed by atoms with Gasteiger partial charge in [-0.1, -0.05) is 30.3 Å². The molecule has 0 saturated heterocycles. The molecule has 7 nitrogen and oxygen atoms in total. The Morgan fingerprint density at radius 3 is 2.65 bits per heavy atom. The first-order valence-electron chi connectivity index (χ1n) is 11.0. The van der Waals surface area contributed by atoms with Crippen LogP contribution in [0.4, 0.5) is 5.69 Å². The van der Waals surface area contributed by atoms with Gasteiger partial charge in [0.05, 0.1) is 29.4 Å². The predicted molar refractivity (Wildman–Crippen MR) is 117 cm³/mol. The maximum atomic E-state index is 13.6. The molecule has 4 aliphatic carbocycles. The Morgan fingerprint density at radius 2 is 1.94 bits per heavy atom. The van der Waals surface area contributed by atoms with Gasteiger partial charge in [0.2, 0.25) is 11.2 Å². The summed E-state index contributed by atoms with van der Waals surface area (Å²) in [7, 11) is 0. The van der Waals surface area contributed by atoms with E-state index in [1.54, 1.807) is 12.5 Å². The smallest absolute Gasteiger partial charge is 0.242 e. The van der Waals surface area contributed by atoms with Crippen LogP contribution in [0.3, 0.4) is 0 Å². The van der Waals surface area contributed by atoms with E-state index in [1.165, 1.54) is 12.0 Å². The molecule has 2 heterocycles. The van der Waals surface area contributed by atoms with E-state index in [0.717, 1.165) is 37.8 Å². The molecule has 1 aromatic carbocycles. The number of carbonyl (C=O) groups excluding carboxylic acids is 1. The first kappa shape index (κ1) is 19.0. The molecule has 0 spiro atoms. The van der Waals surface area contributed by atoms with E-state index in [9.17, 15) is 4.79 Å². The van der Waals surface area contributed by atoms with Crippen LogP contribution in [-0.2, 0) is 16.9 Å². The van der Waals surface area contributed by atoms with Gasteiger partial charge in [-0.05, 0) is 67.5 Å². The van der Waals surface area contributed by atoms with Gasteiger partial charge in [-0.25, -0.2) is 9.67 Å². The summed E-state index contributed by atoms with van der Waals surface area (Å²) >= 11 is 6.03. The number of aromatic nitrogens is 5. The van der Waals surface area contributed by atoms with Crippen molar-refractivity contribution in [3.63, 3.8) is 0 Å². The normalized spacial score (nSPS) is 31.1. The third kappa shape index (κ3) is 3.26. The van der Waals surface area contributed by atoms with Crippen LogP contribution in [0.1, 0.15) is 44.1 Å². The van der Waals surface area contributed by atoms with Crippen molar-refractivity contribution in [1.82, 2.24) is 24.5 Å². The molecule has 8 heteroatoms. The molecule has 0 radical (unpaired) electrons. The van der Waals surface area contributed by atoms with Gasteiger partial charge in [-0.15, -0.1) is 5.10 Å². The number of hydrogen-bond donors (Lipinski definition) is 1. The predicted octanol–water partition coefficient (Wildman–Crippen LogP) is 4.11. The van der Waals surface area contributed by atoms with E-state index >= 15 is 0 Å². The third-order valence-corrected chi connectivity index (χ3v) is 7.71. The molecule has 160 valence electrons. The number of hydrogen-bond acceptors (Lipinski definition) is 4. The number of amides is 1. The molecule has 2 aromatic heterocycles. The Kier molecular flexibility index (Phi) is 4.25. The van der Waals surface area contributed by atoms with Crippen LogP contribution in [0.5, 0.6) is 0 Å². The molecular weight excluding hydrogens is 412 g/mol. The highest BCUT2D eigenvalue weighted by molar-refractivity contribution is 6.28. The Morgan fingerprint density at radius 1 is 1.16 bits per heavy atom. The van der Waals surface area contributed by atoms with Crippen molar-refractivity contribution < 1.29 is 4.79 Å². The van der Waals surface area contributed by atoms with E-state index < -0.39 is 0 Å². The van der Waals surface area contributed by atoms with E-state index in [4.69, 9.17) is 11.6 Å². The Balaban J connectivity index is 1.22. The summed E-state index contributed by atoms with van der Waals surface area (Å²) in [6.45, 7) is 0.683. The molecule has 1 N–H and O–H groups in total. The molecule has 0 aliphatic heterocycles. The maximum Gasteiger partial charge on any atom is 0.242 e. The van der Waals surface area contributed by atoms with E-state index in [-0.39, 0.29) is 22.1 Å². The number of nitrogens with one attached hydrogen (secondary N) is 1.